The van der Waals surface area contributed by atoms with E-state index in [4.69, 9.17) is 14.7 Å². The molecule has 2 N–H and O–H groups in total. The van der Waals surface area contributed by atoms with E-state index in [1.165, 1.54) is 24.1 Å². The molecule has 1 saturated carbocycles. The van der Waals surface area contributed by atoms with Crippen molar-refractivity contribution in [1.29, 1.82) is 0 Å². The molecule has 1 unspecified atom stereocenters. The van der Waals surface area contributed by atoms with Gasteiger partial charge in [-0.2, -0.15) is 4.98 Å². The van der Waals surface area contributed by atoms with Crippen molar-refractivity contribution >= 4 is 17.7 Å². The summed E-state index contributed by atoms with van der Waals surface area (Å²) in [6.45, 7) is 0. The molecule has 32 heavy (non-hydrogen) atoms. The average molecular weight is 438 g/mol. The Kier molecular flexibility index (Phi) is 7.25. The molecule has 1 aromatic heterocycles. The third-order valence-electron chi connectivity index (χ3n) is 6.57. The third kappa shape index (κ3) is 5.21. The molecule has 0 saturated heterocycles. The van der Waals surface area contributed by atoms with Crippen LogP contribution in [0.3, 0.4) is 0 Å². The van der Waals surface area contributed by atoms with Crippen LogP contribution in [0.25, 0.3) is 0 Å². The molecule has 1 heterocycles. The quantitative estimate of drug-likeness (QED) is 0.688. The fourth-order valence-corrected chi connectivity index (χ4v) is 4.87. The van der Waals surface area contributed by atoms with E-state index in [2.05, 4.69) is 29.6 Å². The topological polar surface area (TPSA) is 79.4 Å². The SMILES string of the molecule is COC(C(=O)NC1CCC(Nc2nc3c(c(N(C)C)n2)CCCC3)CC1)c1ccccc1. The first kappa shape index (κ1) is 22.5. The number of aryl methyl sites for hydroxylation is 1. The minimum Gasteiger partial charge on any atom is -0.367 e. The number of nitrogens with zero attached hydrogens (tertiary/aromatic N) is 3. The normalized spacial score (nSPS) is 21.3. The number of carbonyl (C=O) groups excluding carboxylic acids is 1. The average Bonchev–Trinajstić information content (AvgIpc) is 2.81. The summed E-state index contributed by atoms with van der Waals surface area (Å²) in [6, 6.07) is 10.1. The molecule has 7 heteroatoms. The second-order valence-corrected chi connectivity index (χ2v) is 9.13. The van der Waals surface area contributed by atoms with Gasteiger partial charge in [-0.3, -0.25) is 4.79 Å². The van der Waals surface area contributed by atoms with Gasteiger partial charge in [0.15, 0.2) is 6.10 Å². The molecule has 2 aromatic rings. The van der Waals surface area contributed by atoms with Gasteiger partial charge >= 0.3 is 0 Å². The van der Waals surface area contributed by atoms with Crippen molar-refractivity contribution in [3.63, 3.8) is 0 Å². The number of hydrogen-bond acceptors (Lipinski definition) is 6. The number of nitrogens with one attached hydrogen (secondary N) is 2. The van der Waals surface area contributed by atoms with Crippen molar-refractivity contribution in [3.05, 3.63) is 47.2 Å². The molecule has 2 aliphatic rings. The maximum Gasteiger partial charge on any atom is 0.253 e. The summed E-state index contributed by atoms with van der Waals surface area (Å²) < 4.78 is 5.47. The predicted molar refractivity (Wildman–Crippen MR) is 127 cm³/mol. The number of carbonyl (C=O) groups is 1. The number of benzene rings is 1. The molecule has 0 aliphatic heterocycles. The molecule has 2 aliphatic carbocycles. The van der Waals surface area contributed by atoms with Crippen LogP contribution in [0, 0.1) is 0 Å². The van der Waals surface area contributed by atoms with Gasteiger partial charge in [-0.05, 0) is 56.9 Å². The molecular weight excluding hydrogens is 402 g/mol. The Morgan fingerprint density at radius 3 is 2.41 bits per heavy atom. The summed E-state index contributed by atoms with van der Waals surface area (Å²) >= 11 is 0. The first-order chi connectivity index (χ1) is 15.5. The monoisotopic (exact) mass is 437 g/mol. The van der Waals surface area contributed by atoms with Crippen LogP contribution in [-0.4, -0.2) is 49.2 Å². The first-order valence-electron chi connectivity index (χ1n) is 11.8. The molecule has 1 fully saturated rings. The Morgan fingerprint density at radius 2 is 1.72 bits per heavy atom. The first-order valence-corrected chi connectivity index (χ1v) is 11.8. The number of fused-ring (bicyclic) bond motifs is 1. The van der Waals surface area contributed by atoms with Crippen LogP contribution >= 0.6 is 0 Å². The van der Waals surface area contributed by atoms with Crippen LogP contribution in [0.1, 0.15) is 61.4 Å². The third-order valence-corrected chi connectivity index (χ3v) is 6.57. The van der Waals surface area contributed by atoms with Crippen LogP contribution in [-0.2, 0) is 22.4 Å². The lowest BCUT2D eigenvalue weighted by molar-refractivity contribution is -0.132. The number of ether oxygens (including phenoxy) is 1. The van der Waals surface area contributed by atoms with Gasteiger partial charge in [0, 0.05) is 38.9 Å². The van der Waals surface area contributed by atoms with Crippen molar-refractivity contribution in [2.24, 2.45) is 0 Å². The van der Waals surface area contributed by atoms with Gasteiger partial charge < -0.3 is 20.3 Å². The molecule has 4 rings (SSSR count). The van der Waals surface area contributed by atoms with Crippen LogP contribution in [0.5, 0.6) is 0 Å². The second-order valence-electron chi connectivity index (χ2n) is 9.13. The Labute approximate surface area is 191 Å². The Bertz CT molecular complexity index is 910. The fourth-order valence-electron chi connectivity index (χ4n) is 4.87. The number of anilines is 2. The lowest BCUT2D eigenvalue weighted by Crippen LogP contribution is -2.42. The summed E-state index contributed by atoms with van der Waals surface area (Å²) in [4.78, 5) is 24.6. The number of methoxy groups -OCH3 is 1. The summed E-state index contributed by atoms with van der Waals surface area (Å²) in [5, 5.41) is 6.76. The summed E-state index contributed by atoms with van der Waals surface area (Å²) in [5.74, 6) is 1.72. The van der Waals surface area contributed by atoms with Gasteiger partial charge in [0.25, 0.3) is 5.91 Å². The van der Waals surface area contributed by atoms with Crippen LogP contribution in [0.15, 0.2) is 30.3 Å². The highest BCUT2D eigenvalue weighted by Crippen LogP contribution is 2.29. The molecule has 0 radical (unpaired) electrons. The molecule has 0 spiro atoms. The molecule has 0 bridgehead atoms. The van der Waals surface area contributed by atoms with Crippen molar-refractivity contribution in [3.8, 4) is 0 Å². The van der Waals surface area contributed by atoms with Crippen molar-refractivity contribution < 1.29 is 9.53 Å². The zero-order valence-corrected chi connectivity index (χ0v) is 19.4. The van der Waals surface area contributed by atoms with Crippen molar-refractivity contribution in [2.75, 3.05) is 31.4 Å². The number of amides is 1. The molecule has 172 valence electrons. The van der Waals surface area contributed by atoms with Crippen molar-refractivity contribution in [1.82, 2.24) is 15.3 Å². The zero-order chi connectivity index (χ0) is 22.5. The van der Waals surface area contributed by atoms with Gasteiger partial charge in [-0.15, -0.1) is 0 Å². The maximum atomic E-state index is 12.8. The molecule has 7 nitrogen and oxygen atoms in total. The zero-order valence-electron chi connectivity index (χ0n) is 19.4. The van der Waals surface area contributed by atoms with Crippen LogP contribution < -0.4 is 15.5 Å². The van der Waals surface area contributed by atoms with Crippen LogP contribution in [0.2, 0.25) is 0 Å². The fraction of sp³-hybridized carbons (Fsp3) is 0.560. The van der Waals surface area contributed by atoms with E-state index >= 15 is 0 Å². The summed E-state index contributed by atoms with van der Waals surface area (Å²) in [7, 11) is 5.69. The lowest BCUT2D eigenvalue weighted by atomic mass is 9.91. The highest BCUT2D eigenvalue weighted by atomic mass is 16.5. The minimum atomic E-state index is -0.569. The minimum absolute atomic E-state index is 0.0660. The lowest BCUT2D eigenvalue weighted by Gasteiger charge is -2.31. The van der Waals surface area contributed by atoms with E-state index in [-0.39, 0.29) is 11.9 Å². The number of aromatic nitrogens is 2. The molecule has 1 atom stereocenters. The molecule has 1 aromatic carbocycles. The Balaban J connectivity index is 1.33. The second kappa shape index (κ2) is 10.3. The van der Waals surface area contributed by atoms with Crippen LogP contribution in [0.4, 0.5) is 11.8 Å². The molecular formula is C25H35N5O2. The van der Waals surface area contributed by atoms with Gasteiger partial charge in [0.1, 0.15) is 5.82 Å². The van der Waals surface area contributed by atoms with Gasteiger partial charge in [-0.25, -0.2) is 4.98 Å². The summed E-state index contributed by atoms with van der Waals surface area (Å²) in [6.07, 6.45) is 7.77. The standard InChI is InChI=1S/C25H35N5O2/c1-30(2)23-20-11-7-8-12-21(20)28-25(29-23)27-19-15-13-18(14-16-19)26-24(31)22(32-3)17-9-5-4-6-10-17/h4-6,9-10,18-19,22H,7-8,11-16H2,1-3H3,(H,26,31)(H,27,28,29). The largest absolute Gasteiger partial charge is 0.367 e. The van der Waals surface area contributed by atoms with E-state index in [9.17, 15) is 4.79 Å². The van der Waals surface area contributed by atoms with E-state index in [1.807, 2.05) is 30.3 Å². The van der Waals surface area contributed by atoms with Gasteiger partial charge in [0.2, 0.25) is 5.95 Å². The summed E-state index contributed by atoms with van der Waals surface area (Å²) in [5.41, 5.74) is 3.39. The predicted octanol–water partition coefficient (Wildman–Crippen LogP) is 3.65. The number of rotatable bonds is 7. The smallest absolute Gasteiger partial charge is 0.253 e. The van der Waals surface area contributed by atoms with Gasteiger partial charge in [-0.1, -0.05) is 30.3 Å². The van der Waals surface area contributed by atoms with E-state index in [0.29, 0.717) is 6.04 Å². The number of hydrogen-bond donors (Lipinski definition) is 2. The Hall–Kier alpha value is -2.67. The highest BCUT2D eigenvalue weighted by molar-refractivity contribution is 5.82. The van der Waals surface area contributed by atoms with Gasteiger partial charge in [0.05, 0.1) is 5.69 Å². The Morgan fingerprint density at radius 1 is 1.03 bits per heavy atom. The van der Waals surface area contributed by atoms with E-state index < -0.39 is 6.10 Å². The highest BCUT2D eigenvalue weighted by Gasteiger charge is 2.27. The van der Waals surface area contributed by atoms with E-state index in [0.717, 1.165) is 55.9 Å². The van der Waals surface area contributed by atoms with Crippen molar-refractivity contribution in [2.45, 2.75) is 69.6 Å². The molecule has 1 amide bonds. The van der Waals surface area contributed by atoms with E-state index in [1.54, 1.807) is 7.11 Å². The maximum absolute atomic E-state index is 12.8.